The van der Waals surface area contributed by atoms with Gasteiger partial charge in [-0.05, 0) is 43.9 Å². The fourth-order valence-corrected chi connectivity index (χ4v) is 3.72. The maximum atomic E-state index is 14.0. The van der Waals surface area contributed by atoms with Crippen molar-refractivity contribution in [2.45, 2.75) is 31.8 Å². The minimum absolute atomic E-state index is 0.0136. The van der Waals surface area contributed by atoms with Crippen molar-refractivity contribution < 1.29 is 18.8 Å². The van der Waals surface area contributed by atoms with Crippen molar-refractivity contribution in [3.8, 4) is 0 Å². The molecule has 1 atom stereocenters. The van der Waals surface area contributed by atoms with Crippen LogP contribution in [0.5, 0.6) is 0 Å². The molecular weight excluding hydrogens is 417 g/mol. The highest BCUT2D eigenvalue weighted by Crippen LogP contribution is 2.42. The van der Waals surface area contributed by atoms with Crippen LogP contribution in [-0.2, 0) is 16.1 Å². The third-order valence-corrected chi connectivity index (χ3v) is 5.55. The largest absolute Gasteiger partial charge is 0.333 e. The van der Waals surface area contributed by atoms with Crippen LogP contribution in [0.4, 0.5) is 9.18 Å². The minimum Gasteiger partial charge on any atom is -0.333 e. The van der Waals surface area contributed by atoms with E-state index in [4.69, 9.17) is 0 Å². The Bertz CT molecular complexity index is 811. The molecule has 1 aromatic carbocycles. The number of nitrogens with zero attached hydrogens (tertiary/aromatic N) is 2. The molecule has 1 heterocycles. The molecule has 4 amide bonds. The summed E-state index contributed by atoms with van der Waals surface area (Å²) in [6, 6.07) is 3.92. The number of rotatable bonds is 7. The van der Waals surface area contributed by atoms with E-state index in [1.54, 1.807) is 19.1 Å². The van der Waals surface area contributed by atoms with Gasteiger partial charge in [-0.1, -0.05) is 22.0 Å². The van der Waals surface area contributed by atoms with E-state index in [-0.39, 0.29) is 31.5 Å². The van der Waals surface area contributed by atoms with Crippen molar-refractivity contribution in [2.24, 2.45) is 5.92 Å². The van der Waals surface area contributed by atoms with Gasteiger partial charge in [-0.15, -0.1) is 6.58 Å². The SMILES string of the molecule is C=CCN(Cc1cc(Br)ccc1F)C(=O)CN1C(=O)NC(C)(C2CC2)C1=O. The Morgan fingerprint density at radius 3 is 2.81 bits per heavy atom. The number of benzene rings is 1. The second-order valence-electron chi connectivity index (χ2n) is 7.10. The highest BCUT2D eigenvalue weighted by molar-refractivity contribution is 9.10. The first kappa shape index (κ1) is 19.5. The van der Waals surface area contributed by atoms with Crippen molar-refractivity contribution in [1.82, 2.24) is 15.1 Å². The molecule has 0 radical (unpaired) electrons. The van der Waals surface area contributed by atoms with Gasteiger partial charge in [-0.2, -0.15) is 0 Å². The van der Waals surface area contributed by atoms with Crippen molar-refractivity contribution in [3.05, 3.63) is 46.7 Å². The van der Waals surface area contributed by atoms with E-state index in [2.05, 4.69) is 27.8 Å². The van der Waals surface area contributed by atoms with Crippen LogP contribution < -0.4 is 5.32 Å². The lowest BCUT2D eigenvalue weighted by atomic mass is 9.96. The van der Waals surface area contributed by atoms with E-state index in [1.807, 2.05) is 0 Å². The van der Waals surface area contributed by atoms with E-state index < -0.39 is 23.3 Å². The van der Waals surface area contributed by atoms with E-state index >= 15 is 0 Å². The summed E-state index contributed by atoms with van der Waals surface area (Å²) in [6.45, 7) is 5.14. The van der Waals surface area contributed by atoms with Crippen molar-refractivity contribution in [2.75, 3.05) is 13.1 Å². The monoisotopic (exact) mass is 437 g/mol. The highest BCUT2D eigenvalue weighted by atomic mass is 79.9. The molecule has 1 aromatic rings. The third kappa shape index (κ3) is 3.90. The molecule has 0 spiro atoms. The Morgan fingerprint density at radius 2 is 2.19 bits per heavy atom. The predicted octanol–water partition coefficient (Wildman–Crippen LogP) is 2.82. The Labute approximate surface area is 165 Å². The average molecular weight is 438 g/mol. The van der Waals surface area contributed by atoms with Crippen molar-refractivity contribution in [3.63, 3.8) is 0 Å². The number of carbonyl (C=O) groups excluding carboxylic acids is 3. The van der Waals surface area contributed by atoms with E-state index in [0.29, 0.717) is 10.0 Å². The van der Waals surface area contributed by atoms with Crippen LogP contribution in [0.1, 0.15) is 25.3 Å². The Balaban J connectivity index is 1.73. The number of halogens is 2. The molecular formula is C19H21BrFN3O3. The fraction of sp³-hybridized carbons (Fsp3) is 0.421. The number of carbonyl (C=O) groups is 3. The van der Waals surface area contributed by atoms with Crippen molar-refractivity contribution >= 4 is 33.8 Å². The molecule has 1 saturated carbocycles. The Morgan fingerprint density at radius 1 is 1.48 bits per heavy atom. The van der Waals surface area contributed by atoms with E-state index in [9.17, 15) is 18.8 Å². The highest BCUT2D eigenvalue weighted by Gasteiger charge is 2.56. The molecule has 1 N–H and O–H groups in total. The molecule has 2 fully saturated rings. The van der Waals surface area contributed by atoms with Crippen LogP contribution in [0.15, 0.2) is 35.3 Å². The zero-order valence-corrected chi connectivity index (χ0v) is 16.6. The maximum absolute atomic E-state index is 14.0. The molecule has 8 heteroatoms. The lowest BCUT2D eigenvalue weighted by Gasteiger charge is -2.25. The number of nitrogens with one attached hydrogen (secondary N) is 1. The van der Waals surface area contributed by atoms with Gasteiger partial charge in [-0.3, -0.25) is 14.5 Å². The Hall–Kier alpha value is -2.22. The lowest BCUT2D eigenvalue weighted by molar-refractivity contribution is -0.139. The smallest absolute Gasteiger partial charge is 0.325 e. The summed E-state index contributed by atoms with van der Waals surface area (Å²) in [5.41, 5.74) is -0.601. The van der Waals surface area contributed by atoms with Crippen LogP contribution in [0, 0.1) is 11.7 Å². The summed E-state index contributed by atoms with van der Waals surface area (Å²) < 4.78 is 14.7. The van der Waals surface area contributed by atoms with Gasteiger partial charge < -0.3 is 10.2 Å². The minimum atomic E-state index is -0.933. The van der Waals surface area contributed by atoms with E-state index in [1.165, 1.54) is 17.0 Å². The summed E-state index contributed by atoms with van der Waals surface area (Å²) in [7, 11) is 0. The molecule has 2 aliphatic rings. The topological polar surface area (TPSA) is 69.7 Å². The first-order valence-corrected chi connectivity index (χ1v) is 9.52. The van der Waals surface area contributed by atoms with Gasteiger partial charge in [0.2, 0.25) is 5.91 Å². The first-order chi connectivity index (χ1) is 12.8. The number of amides is 4. The van der Waals surface area contributed by atoms with Gasteiger partial charge in [0.05, 0.1) is 0 Å². The molecule has 27 heavy (non-hydrogen) atoms. The summed E-state index contributed by atoms with van der Waals surface area (Å²) in [5, 5.41) is 2.71. The van der Waals surface area contributed by atoms with Gasteiger partial charge >= 0.3 is 6.03 Å². The molecule has 6 nitrogen and oxygen atoms in total. The molecule has 1 saturated heterocycles. The number of urea groups is 1. The summed E-state index contributed by atoms with van der Waals surface area (Å²) in [6.07, 6.45) is 3.29. The summed E-state index contributed by atoms with van der Waals surface area (Å²) >= 11 is 3.28. The first-order valence-electron chi connectivity index (χ1n) is 8.73. The molecule has 144 valence electrons. The van der Waals surface area contributed by atoms with Gasteiger partial charge in [-0.25, -0.2) is 9.18 Å². The Kier molecular flexibility index (Phi) is 5.37. The fourth-order valence-electron chi connectivity index (χ4n) is 3.31. The zero-order valence-electron chi connectivity index (χ0n) is 15.0. The standard InChI is InChI=1S/C19H21BrFN3O3/c1-3-8-23(10-12-9-14(20)6-7-15(12)21)16(25)11-24-17(26)19(2,13-4-5-13)22-18(24)27/h3,6-7,9,13H,1,4-5,8,10-11H2,2H3,(H,22,27). The van der Waals surface area contributed by atoms with Crippen LogP contribution in [0.3, 0.4) is 0 Å². The second kappa shape index (κ2) is 7.42. The van der Waals surface area contributed by atoms with Crippen LogP contribution >= 0.6 is 15.9 Å². The molecule has 1 aliphatic carbocycles. The summed E-state index contributed by atoms with van der Waals surface area (Å²) in [4.78, 5) is 40.0. The van der Waals surface area contributed by atoms with Crippen LogP contribution in [0.2, 0.25) is 0 Å². The number of hydrogen-bond acceptors (Lipinski definition) is 3. The van der Waals surface area contributed by atoms with E-state index in [0.717, 1.165) is 17.7 Å². The van der Waals surface area contributed by atoms with Gasteiger partial charge in [0, 0.05) is 23.1 Å². The van der Waals surface area contributed by atoms with Crippen LogP contribution in [0.25, 0.3) is 0 Å². The van der Waals surface area contributed by atoms with Gasteiger partial charge in [0.1, 0.15) is 17.9 Å². The molecule has 1 unspecified atom stereocenters. The quantitative estimate of drug-likeness (QED) is 0.526. The lowest BCUT2D eigenvalue weighted by Crippen LogP contribution is -2.47. The van der Waals surface area contributed by atoms with Gasteiger partial charge in [0.25, 0.3) is 5.91 Å². The maximum Gasteiger partial charge on any atom is 0.325 e. The van der Waals surface area contributed by atoms with Crippen LogP contribution in [-0.4, -0.2) is 46.3 Å². The average Bonchev–Trinajstić information content (AvgIpc) is 3.43. The molecule has 0 aromatic heterocycles. The van der Waals surface area contributed by atoms with Gasteiger partial charge in [0.15, 0.2) is 0 Å². The molecule has 1 aliphatic heterocycles. The predicted molar refractivity (Wildman–Crippen MR) is 101 cm³/mol. The number of hydrogen-bond donors (Lipinski definition) is 1. The normalized spacial score (nSPS) is 22.0. The number of imide groups is 1. The second-order valence-corrected chi connectivity index (χ2v) is 8.01. The summed E-state index contributed by atoms with van der Waals surface area (Å²) in [5.74, 6) is -1.14. The molecule has 3 rings (SSSR count). The third-order valence-electron chi connectivity index (χ3n) is 5.06. The molecule has 0 bridgehead atoms. The van der Waals surface area contributed by atoms with Crippen molar-refractivity contribution in [1.29, 1.82) is 0 Å². The zero-order chi connectivity index (χ0) is 19.8.